The van der Waals surface area contributed by atoms with Gasteiger partial charge in [0.2, 0.25) is 24.2 Å². The van der Waals surface area contributed by atoms with E-state index < -0.39 is 11.9 Å². The van der Waals surface area contributed by atoms with Gasteiger partial charge >= 0.3 is 5.97 Å². The molecule has 1 unspecified atom stereocenters. The number of halogens is 1. The lowest BCUT2D eigenvalue weighted by atomic mass is 9.87. The van der Waals surface area contributed by atoms with Crippen LogP contribution in [-0.2, 0) is 4.79 Å². The monoisotopic (exact) mass is 470 g/mol. The fourth-order valence-corrected chi connectivity index (χ4v) is 4.57. The molecule has 2 aliphatic rings. The molecule has 3 heterocycles. The van der Waals surface area contributed by atoms with Crippen LogP contribution in [0.5, 0.6) is 23.0 Å². The van der Waals surface area contributed by atoms with Crippen LogP contribution in [0.1, 0.15) is 34.0 Å². The van der Waals surface area contributed by atoms with Crippen LogP contribution in [0.2, 0.25) is 5.02 Å². The molecule has 33 heavy (non-hydrogen) atoms. The van der Waals surface area contributed by atoms with E-state index in [-0.39, 0.29) is 30.4 Å². The number of aromatic nitrogens is 1. The number of nitrogens with one attached hydrogen (secondary N) is 1. The third-order valence-electron chi connectivity index (χ3n) is 5.74. The summed E-state index contributed by atoms with van der Waals surface area (Å²) in [6.07, 6.45) is 1.53. The number of methoxy groups -OCH3 is 2. The molecule has 0 fully saturated rings. The quantitative estimate of drug-likeness (QED) is 0.579. The van der Waals surface area contributed by atoms with E-state index in [1.165, 1.54) is 20.4 Å². The van der Waals surface area contributed by atoms with Gasteiger partial charge in [0.25, 0.3) is 0 Å². The summed E-state index contributed by atoms with van der Waals surface area (Å²) in [5, 5.41) is 13.1. The van der Waals surface area contributed by atoms with Gasteiger partial charge in [-0.2, -0.15) is 0 Å². The Labute approximate surface area is 193 Å². The van der Waals surface area contributed by atoms with Gasteiger partial charge in [0.1, 0.15) is 5.56 Å². The van der Waals surface area contributed by atoms with E-state index in [0.717, 1.165) is 0 Å². The number of hydrogen-bond donors (Lipinski definition) is 2. The second-order valence-electron chi connectivity index (χ2n) is 7.53. The zero-order valence-corrected chi connectivity index (χ0v) is 18.4. The second kappa shape index (κ2) is 7.93. The van der Waals surface area contributed by atoms with Crippen molar-refractivity contribution in [3.8, 4) is 28.7 Å². The molecule has 3 aromatic rings. The number of carbonyl (C=O) groups is 2. The first kappa shape index (κ1) is 21.0. The first-order valence-corrected chi connectivity index (χ1v) is 10.4. The van der Waals surface area contributed by atoms with Crippen LogP contribution in [0.25, 0.3) is 5.69 Å². The van der Waals surface area contributed by atoms with Crippen molar-refractivity contribution in [2.45, 2.75) is 12.3 Å². The zero-order chi connectivity index (χ0) is 23.3. The molecule has 0 aliphatic carbocycles. The minimum absolute atomic E-state index is 0.00393. The molecule has 0 bridgehead atoms. The van der Waals surface area contributed by atoms with Gasteiger partial charge in [-0.1, -0.05) is 17.7 Å². The Kier molecular flexibility index (Phi) is 5.05. The molecule has 1 amide bonds. The summed E-state index contributed by atoms with van der Waals surface area (Å²) < 4.78 is 24.1. The Bertz CT molecular complexity index is 1300. The summed E-state index contributed by atoms with van der Waals surface area (Å²) in [6, 6.07) is 8.76. The molecule has 1 aromatic heterocycles. The van der Waals surface area contributed by atoms with Crippen LogP contribution in [0.15, 0.2) is 36.5 Å². The molecule has 5 rings (SSSR count). The highest BCUT2D eigenvalue weighted by atomic mass is 35.5. The number of nitrogens with zero attached hydrogens (tertiary/aromatic N) is 1. The SMILES string of the molecule is COc1cc(C2CC(=O)Nc3c(C(=O)O)cn(-c4cccc(Cl)c4)c32)c(OC)c2c1OCO2. The van der Waals surface area contributed by atoms with Crippen molar-refractivity contribution in [1.29, 1.82) is 0 Å². The van der Waals surface area contributed by atoms with Crippen LogP contribution in [0.3, 0.4) is 0 Å². The van der Waals surface area contributed by atoms with Gasteiger partial charge in [-0.25, -0.2) is 4.79 Å². The molecule has 0 saturated carbocycles. The molecule has 1 atom stereocenters. The van der Waals surface area contributed by atoms with Gasteiger partial charge in [0.15, 0.2) is 11.5 Å². The molecule has 10 heteroatoms. The zero-order valence-electron chi connectivity index (χ0n) is 17.7. The number of fused-ring (bicyclic) bond motifs is 2. The van der Waals surface area contributed by atoms with Crippen molar-refractivity contribution < 1.29 is 33.6 Å². The van der Waals surface area contributed by atoms with E-state index in [9.17, 15) is 14.7 Å². The summed E-state index contributed by atoms with van der Waals surface area (Å²) >= 11 is 6.21. The van der Waals surface area contributed by atoms with Crippen molar-refractivity contribution in [2.24, 2.45) is 0 Å². The maximum atomic E-state index is 12.7. The van der Waals surface area contributed by atoms with E-state index in [1.54, 1.807) is 28.8 Å². The fourth-order valence-electron chi connectivity index (χ4n) is 4.38. The number of ether oxygens (including phenoxy) is 4. The Morgan fingerprint density at radius 3 is 2.70 bits per heavy atom. The number of carboxylic acid groups (broad SMARTS) is 1. The number of carbonyl (C=O) groups excluding carboxylic acids is 1. The van der Waals surface area contributed by atoms with Gasteiger partial charge in [-0.3, -0.25) is 4.79 Å². The van der Waals surface area contributed by atoms with Gasteiger partial charge in [0, 0.05) is 34.8 Å². The van der Waals surface area contributed by atoms with E-state index >= 15 is 0 Å². The summed E-state index contributed by atoms with van der Waals surface area (Å²) in [6.45, 7) is 0.00393. The number of amides is 1. The Hall–Kier alpha value is -3.85. The van der Waals surface area contributed by atoms with Crippen molar-refractivity contribution in [2.75, 3.05) is 26.3 Å². The predicted octanol–water partition coefficient (Wildman–Crippen LogP) is 4.05. The van der Waals surface area contributed by atoms with E-state index in [4.69, 9.17) is 30.5 Å². The van der Waals surface area contributed by atoms with Gasteiger partial charge in [0.05, 0.1) is 25.6 Å². The van der Waals surface area contributed by atoms with Crippen molar-refractivity contribution in [1.82, 2.24) is 4.57 Å². The smallest absolute Gasteiger partial charge is 0.339 e. The van der Waals surface area contributed by atoms with Crippen molar-refractivity contribution in [3.05, 3.63) is 58.4 Å². The molecule has 0 spiro atoms. The molecule has 9 nitrogen and oxygen atoms in total. The number of rotatable bonds is 5. The van der Waals surface area contributed by atoms with Crippen molar-refractivity contribution >= 4 is 29.2 Å². The highest BCUT2D eigenvalue weighted by Gasteiger charge is 2.38. The lowest BCUT2D eigenvalue weighted by Gasteiger charge is -2.28. The molecule has 0 radical (unpaired) electrons. The number of carboxylic acids is 1. The van der Waals surface area contributed by atoms with E-state index in [1.807, 2.05) is 6.07 Å². The van der Waals surface area contributed by atoms with Crippen LogP contribution in [-0.4, -0.2) is 42.6 Å². The summed E-state index contributed by atoms with van der Waals surface area (Å²) in [7, 11) is 3.00. The third-order valence-corrected chi connectivity index (χ3v) is 5.97. The van der Waals surface area contributed by atoms with Gasteiger partial charge in [-0.05, 0) is 24.3 Å². The van der Waals surface area contributed by atoms with E-state index in [0.29, 0.717) is 45.0 Å². The summed E-state index contributed by atoms with van der Waals surface area (Å²) in [5.74, 6) is -0.455. The maximum Gasteiger partial charge on any atom is 0.339 e. The highest BCUT2D eigenvalue weighted by molar-refractivity contribution is 6.30. The predicted molar refractivity (Wildman–Crippen MR) is 118 cm³/mol. The van der Waals surface area contributed by atoms with Gasteiger partial charge < -0.3 is 33.9 Å². The lowest BCUT2D eigenvalue weighted by Crippen LogP contribution is -2.26. The van der Waals surface area contributed by atoms with Crippen LogP contribution in [0, 0.1) is 0 Å². The second-order valence-corrected chi connectivity index (χ2v) is 7.97. The number of benzene rings is 2. The molecule has 2 aromatic carbocycles. The van der Waals surface area contributed by atoms with Gasteiger partial charge in [-0.15, -0.1) is 0 Å². The molecule has 170 valence electrons. The minimum atomic E-state index is -1.16. The van der Waals surface area contributed by atoms with Crippen LogP contribution >= 0.6 is 11.6 Å². The Morgan fingerprint density at radius 1 is 1.21 bits per heavy atom. The summed E-state index contributed by atoms with van der Waals surface area (Å²) in [4.78, 5) is 24.7. The maximum absolute atomic E-state index is 12.7. The first-order valence-electron chi connectivity index (χ1n) is 10.0. The average molecular weight is 471 g/mol. The molecule has 0 saturated heterocycles. The first-order chi connectivity index (χ1) is 15.9. The number of anilines is 1. The lowest BCUT2D eigenvalue weighted by molar-refractivity contribution is -0.116. The topological polar surface area (TPSA) is 108 Å². The normalized spacial score (nSPS) is 16.2. The number of aromatic carboxylic acids is 1. The van der Waals surface area contributed by atoms with Crippen LogP contribution < -0.4 is 24.3 Å². The molecular formula is C23H19ClN2O7. The standard InChI is InChI=1S/C23H19ClN2O7/c1-30-16-7-14(20(31-2)22-21(16)32-10-33-22)13-8-17(27)25-18-15(23(28)29)9-26(19(13)18)12-5-3-4-11(24)6-12/h3-7,9,13H,8,10H2,1-2H3,(H,25,27)(H,28,29). The Morgan fingerprint density at radius 2 is 2.00 bits per heavy atom. The largest absolute Gasteiger partial charge is 0.493 e. The molecule has 2 aliphatic heterocycles. The fraction of sp³-hybridized carbons (Fsp3) is 0.217. The minimum Gasteiger partial charge on any atom is -0.493 e. The Balaban J connectivity index is 1.80. The average Bonchev–Trinajstić information content (AvgIpc) is 3.43. The number of hydrogen-bond acceptors (Lipinski definition) is 6. The highest BCUT2D eigenvalue weighted by Crippen LogP contribution is 2.54. The molecular weight excluding hydrogens is 452 g/mol. The van der Waals surface area contributed by atoms with Crippen molar-refractivity contribution in [3.63, 3.8) is 0 Å². The molecule has 2 N–H and O–H groups in total. The van der Waals surface area contributed by atoms with E-state index in [2.05, 4.69) is 5.32 Å². The summed E-state index contributed by atoms with van der Waals surface area (Å²) in [5.41, 5.74) is 2.03. The third kappa shape index (κ3) is 3.32. The van der Waals surface area contributed by atoms with Crippen LogP contribution in [0.4, 0.5) is 5.69 Å².